The number of anilines is 3. The highest BCUT2D eigenvalue weighted by molar-refractivity contribution is 7.15. The van der Waals surface area contributed by atoms with Crippen LogP contribution in [0.5, 0.6) is 5.75 Å². The third-order valence-electron chi connectivity index (χ3n) is 5.56. The lowest BCUT2D eigenvalue weighted by Crippen LogP contribution is -2.50. The Kier molecular flexibility index (Phi) is 8.43. The van der Waals surface area contributed by atoms with Crippen molar-refractivity contribution in [2.24, 2.45) is 5.92 Å². The zero-order valence-corrected chi connectivity index (χ0v) is 23.2. The summed E-state index contributed by atoms with van der Waals surface area (Å²) in [6, 6.07) is 7.06. The highest BCUT2D eigenvalue weighted by atomic mass is 32.1. The lowest BCUT2D eigenvalue weighted by Gasteiger charge is -2.22. The zero-order valence-electron chi connectivity index (χ0n) is 22.4. The third kappa shape index (κ3) is 7.28. The first-order valence-electron chi connectivity index (χ1n) is 12.3. The molecule has 1 aliphatic rings. The molecule has 4 N–H and O–H groups in total. The maximum Gasteiger partial charge on any atom is 0.407 e. The number of alkyl carbamates (subject to hydrolysis) is 1. The molecule has 0 aliphatic heterocycles. The fourth-order valence-corrected chi connectivity index (χ4v) is 4.48. The molecule has 1 aromatic carbocycles. The van der Waals surface area contributed by atoms with Crippen LogP contribution in [0.4, 0.5) is 22.0 Å². The average Bonchev–Trinajstić information content (AvgIpc) is 3.64. The molecule has 39 heavy (non-hydrogen) atoms. The average molecular weight is 547 g/mol. The van der Waals surface area contributed by atoms with Gasteiger partial charge in [-0.25, -0.2) is 9.78 Å². The highest BCUT2D eigenvalue weighted by Gasteiger charge is 2.30. The van der Waals surface area contributed by atoms with Crippen LogP contribution < -0.4 is 26.0 Å². The number of nitrogens with zero attached hydrogens (tertiary/aromatic N) is 3. The zero-order chi connectivity index (χ0) is 28.2. The van der Waals surface area contributed by atoms with Crippen molar-refractivity contribution in [3.05, 3.63) is 41.0 Å². The Morgan fingerprint density at radius 1 is 1.13 bits per heavy atom. The molecular formula is C23H28B3N7O5S. The molecule has 2 aromatic heterocycles. The van der Waals surface area contributed by atoms with Crippen LogP contribution in [0.2, 0.25) is 0 Å². The number of carbonyl (C=O) groups is 3. The van der Waals surface area contributed by atoms with Crippen molar-refractivity contribution in [3.63, 3.8) is 0 Å². The molecule has 0 atom stereocenters. The van der Waals surface area contributed by atoms with Crippen molar-refractivity contribution < 1.29 is 23.9 Å². The topological polar surface area (TPSA) is 156 Å². The monoisotopic (exact) mass is 547 g/mol. The van der Waals surface area contributed by atoms with E-state index in [0.717, 1.165) is 17.7 Å². The van der Waals surface area contributed by atoms with Gasteiger partial charge in [0, 0.05) is 23.1 Å². The van der Waals surface area contributed by atoms with Gasteiger partial charge in [0.25, 0.3) is 5.91 Å². The summed E-state index contributed by atoms with van der Waals surface area (Å²) in [5, 5.41) is 19.9. The van der Waals surface area contributed by atoms with E-state index in [1.165, 1.54) is 25.6 Å². The van der Waals surface area contributed by atoms with Gasteiger partial charge in [-0.1, -0.05) is 6.07 Å². The fraction of sp³-hybridized carbons (Fsp3) is 0.304. The Labute approximate surface area is 232 Å². The number of benzene rings is 1. The molecule has 0 unspecified atom stereocenters. The third-order valence-corrected chi connectivity index (χ3v) is 6.59. The normalized spacial score (nSPS) is 12.8. The first kappa shape index (κ1) is 28.0. The van der Waals surface area contributed by atoms with E-state index in [1.54, 1.807) is 18.3 Å². The minimum Gasteiger partial charge on any atom is -0.494 e. The van der Waals surface area contributed by atoms with E-state index >= 15 is 0 Å². The first-order chi connectivity index (χ1) is 18.6. The molecule has 3 aromatic rings. The summed E-state index contributed by atoms with van der Waals surface area (Å²) in [6.45, 7) is 0.273. The number of ether oxygens (including phenoxy) is 2. The lowest BCUT2D eigenvalue weighted by atomic mass is 9.49. The van der Waals surface area contributed by atoms with E-state index in [1.807, 2.05) is 35.7 Å². The first-order valence-corrected chi connectivity index (χ1v) is 13.1. The van der Waals surface area contributed by atoms with Crippen LogP contribution in [-0.2, 0) is 16.1 Å². The number of para-hydroxylation sites is 1. The van der Waals surface area contributed by atoms with Gasteiger partial charge in [0.15, 0.2) is 17.3 Å². The molecule has 200 valence electrons. The number of hydrogen-bond donors (Lipinski definition) is 4. The van der Waals surface area contributed by atoms with Gasteiger partial charge in [-0.05, 0) is 30.2 Å². The van der Waals surface area contributed by atoms with Gasteiger partial charge in [-0.15, -0.1) is 21.5 Å². The summed E-state index contributed by atoms with van der Waals surface area (Å²) in [4.78, 5) is 42.1. The van der Waals surface area contributed by atoms with Gasteiger partial charge in [0.05, 0.1) is 37.7 Å². The molecule has 12 nitrogen and oxygen atoms in total. The molecule has 16 heteroatoms. The summed E-state index contributed by atoms with van der Waals surface area (Å²) < 4.78 is 10.4. The number of aromatic nitrogens is 3. The highest BCUT2D eigenvalue weighted by Crippen LogP contribution is 2.40. The fourth-order valence-electron chi connectivity index (χ4n) is 3.60. The van der Waals surface area contributed by atoms with Crippen LogP contribution in [0.25, 0.3) is 10.6 Å². The standard InChI is InChI=1S/C23H28B3N7O5S/c1-37-18-13(21-27-9-12(39-21)10-28-22(36)38-2)4-3-5-14(18)29-15-8-16(30-19(34)11-6-7-11)32-33-17(15)20(35)31-23(24,25)26/h3-5,8-9,11H,6-7,10,24-26H2,1-2H3,(H,28,36)(H,31,35)(H2,29,30,32,34). The Hall–Kier alpha value is -4.07. The lowest BCUT2D eigenvalue weighted by molar-refractivity contribution is -0.117. The number of rotatable bonds is 10. The van der Waals surface area contributed by atoms with Crippen molar-refractivity contribution in [2.45, 2.75) is 24.6 Å². The van der Waals surface area contributed by atoms with Crippen molar-refractivity contribution in [1.82, 2.24) is 25.8 Å². The van der Waals surface area contributed by atoms with Crippen LogP contribution in [0.15, 0.2) is 30.5 Å². The van der Waals surface area contributed by atoms with E-state index in [4.69, 9.17) is 4.74 Å². The summed E-state index contributed by atoms with van der Waals surface area (Å²) >= 11 is 1.39. The molecule has 0 spiro atoms. The molecule has 1 fully saturated rings. The SMILES string of the molecule is BC(B)(B)NC(=O)c1nnc(NC(=O)C2CC2)cc1Nc1cccc(-c2ncc(CNC(=O)OC)s2)c1OC. The van der Waals surface area contributed by atoms with E-state index < -0.39 is 17.2 Å². The minimum absolute atomic E-state index is 0.0187. The number of methoxy groups -OCH3 is 2. The largest absolute Gasteiger partial charge is 0.494 e. The van der Waals surface area contributed by atoms with Crippen molar-refractivity contribution in [2.75, 3.05) is 24.9 Å². The predicted molar refractivity (Wildman–Crippen MR) is 156 cm³/mol. The van der Waals surface area contributed by atoms with Crippen LogP contribution in [0.1, 0.15) is 28.2 Å². The van der Waals surface area contributed by atoms with E-state index in [9.17, 15) is 14.4 Å². The van der Waals surface area contributed by atoms with Gasteiger partial charge >= 0.3 is 6.09 Å². The summed E-state index contributed by atoms with van der Waals surface area (Å²) in [6.07, 6.45) is 2.83. The van der Waals surface area contributed by atoms with Gasteiger partial charge in [0.1, 0.15) is 28.5 Å². The predicted octanol–water partition coefficient (Wildman–Crippen LogP) is -0.203. The molecular weight excluding hydrogens is 519 g/mol. The molecule has 2 heterocycles. The summed E-state index contributed by atoms with van der Waals surface area (Å²) in [5.41, 5.74) is 1.67. The molecule has 3 amide bonds. The Morgan fingerprint density at radius 2 is 1.90 bits per heavy atom. The minimum atomic E-state index is -0.529. The van der Waals surface area contributed by atoms with Crippen molar-refractivity contribution >= 4 is 70.0 Å². The molecule has 0 bridgehead atoms. The number of nitrogens with one attached hydrogen (secondary N) is 4. The van der Waals surface area contributed by atoms with Crippen LogP contribution >= 0.6 is 11.3 Å². The number of carbonyl (C=O) groups excluding carboxylic acids is 3. The Balaban J connectivity index is 1.66. The molecule has 0 radical (unpaired) electrons. The van der Waals surface area contributed by atoms with Crippen LogP contribution in [-0.4, -0.2) is 76.1 Å². The molecule has 1 saturated carbocycles. The molecule has 1 aliphatic carbocycles. The van der Waals surface area contributed by atoms with Crippen LogP contribution in [0.3, 0.4) is 0 Å². The smallest absolute Gasteiger partial charge is 0.407 e. The van der Waals surface area contributed by atoms with E-state index in [-0.39, 0.29) is 29.9 Å². The Morgan fingerprint density at radius 3 is 2.56 bits per heavy atom. The van der Waals surface area contributed by atoms with Gasteiger partial charge in [-0.2, -0.15) is 0 Å². The van der Waals surface area contributed by atoms with E-state index in [2.05, 4.69) is 41.2 Å². The number of hydrogen-bond acceptors (Lipinski definition) is 10. The second-order valence-electron chi connectivity index (χ2n) is 9.95. The van der Waals surface area contributed by atoms with Gasteiger partial charge in [0.2, 0.25) is 5.91 Å². The van der Waals surface area contributed by atoms with Gasteiger partial charge in [-0.3, -0.25) is 9.59 Å². The second kappa shape index (κ2) is 11.8. The van der Waals surface area contributed by atoms with Crippen LogP contribution in [0, 0.1) is 5.92 Å². The summed E-state index contributed by atoms with van der Waals surface area (Å²) in [7, 11) is 8.44. The molecule has 0 saturated heterocycles. The molecule has 4 rings (SSSR count). The Bertz CT molecular complexity index is 1390. The maximum atomic E-state index is 13.1. The van der Waals surface area contributed by atoms with Gasteiger partial charge < -0.3 is 30.7 Å². The maximum absolute atomic E-state index is 13.1. The quantitative estimate of drug-likeness (QED) is 0.253. The second-order valence-corrected chi connectivity index (χ2v) is 11.1. The van der Waals surface area contributed by atoms with Crippen molar-refractivity contribution in [1.29, 1.82) is 0 Å². The number of amides is 3. The van der Waals surface area contributed by atoms with E-state index in [0.29, 0.717) is 27.7 Å². The van der Waals surface area contributed by atoms with Crippen molar-refractivity contribution in [3.8, 4) is 16.3 Å². The number of thiazole rings is 1. The summed E-state index contributed by atoms with van der Waals surface area (Å²) in [5.74, 6) is 0.162.